The Hall–Kier alpha value is -1.73. The number of aromatic nitrogens is 2. The highest BCUT2D eigenvalue weighted by Gasteiger charge is 2.40. The van der Waals surface area contributed by atoms with Crippen LogP contribution in [0.5, 0.6) is 0 Å². The lowest BCUT2D eigenvalue weighted by atomic mass is 9.90. The van der Waals surface area contributed by atoms with E-state index in [0.29, 0.717) is 31.2 Å². The number of carbonyl (C=O) groups is 1. The number of thiophene rings is 1. The molecule has 0 bridgehead atoms. The molecule has 1 N–H and O–H groups in total. The molecule has 1 saturated heterocycles. The first-order valence-corrected chi connectivity index (χ1v) is 7.32. The first-order chi connectivity index (χ1) is 9.57. The Balaban J connectivity index is 1.66. The third-order valence-corrected chi connectivity index (χ3v) is 4.36. The average molecular weight is 293 g/mol. The molecule has 1 unspecified atom stereocenters. The van der Waals surface area contributed by atoms with E-state index in [2.05, 4.69) is 10.1 Å². The van der Waals surface area contributed by atoms with Crippen molar-refractivity contribution in [3.8, 4) is 11.4 Å². The van der Waals surface area contributed by atoms with Crippen LogP contribution in [0, 0.1) is 5.41 Å². The van der Waals surface area contributed by atoms with E-state index < -0.39 is 11.4 Å². The number of carboxylic acid groups (broad SMARTS) is 1. The normalized spacial score (nSPS) is 23.2. The maximum absolute atomic E-state index is 11.2. The van der Waals surface area contributed by atoms with Crippen LogP contribution in [0.2, 0.25) is 0 Å². The molecule has 6 nitrogen and oxygen atoms in total. The quantitative estimate of drug-likeness (QED) is 0.930. The van der Waals surface area contributed by atoms with E-state index in [1.807, 2.05) is 21.7 Å². The molecule has 0 spiro atoms. The second-order valence-electron chi connectivity index (χ2n) is 5.35. The first-order valence-electron chi connectivity index (χ1n) is 6.38. The van der Waals surface area contributed by atoms with E-state index in [1.165, 1.54) is 0 Å². The van der Waals surface area contributed by atoms with Crippen molar-refractivity contribution in [2.75, 3.05) is 13.1 Å². The van der Waals surface area contributed by atoms with Gasteiger partial charge in [0.05, 0.1) is 12.0 Å². The molecule has 0 saturated carbocycles. The second kappa shape index (κ2) is 4.99. The summed E-state index contributed by atoms with van der Waals surface area (Å²) in [4.78, 5) is 17.6. The predicted octanol–water partition coefficient (Wildman–Crippen LogP) is 2.09. The highest BCUT2D eigenvalue weighted by Crippen LogP contribution is 2.31. The molecule has 1 fully saturated rings. The van der Waals surface area contributed by atoms with Gasteiger partial charge < -0.3 is 9.63 Å². The molecule has 3 rings (SSSR count). The van der Waals surface area contributed by atoms with E-state index in [4.69, 9.17) is 4.52 Å². The summed E-state index contributed by atoms with van der Waals surface area (Å²) in [5, 5.41) is 17.1. The van der Waals surface area contributed by atoms with Gasteiger partial charge in [-0.15, -0.1) is 0 Å². The maximum atomic E-state index is 11.2. The summed E-state index contributed by atoms with van der Waals surface area (Å²) >= 11 is 1.58. The van der Waals surface area contributed by atoms with Crippen molar-refractivity contribution in [1.29, 1.82) is 0 Å². The Morgan fingerprint density at radius 2 is 2.50 bits per heavy atom. The highest BCUT2D eigenvalue weighted by atomic mass is 32.1. The Kier molecular flexibility index (Phi) is 3.31. The fraction of sp³-hybridized carbons (Fsp3) is 0.462. The van der Waals surface area contributed by atoms with Gasteiger partial charge in [-0.2, -0.15) is 16.3 Å². The molecule has 1 aliphatic rings. The van der Waals surface area contributed by atoms with E-state index >= 15 is 0 Å². The minimum absolute atomic E-state index is 0.500. The lowest BCUT2D eigenvalue weighted by Gasteiger charge is -2.18. The largest absolute Gasteiger partial charge is 0.481 e. The van der Waals surface area contributed by atoms with Crippen molar-refractivity contribution in [3.05, 3.63) is 22.7 Å². The van der Waals surface area contributed by atoms with Crippen molar-refractivity contribution in [3.63, 3.8) is 0 Å². The van der Waals surface area contributed by atoms with Gasteiger partial charge in [-0.05, 0) is 31.3 Å². The summed E-state index contributed by atoms with van der Waals surface area (Å²) in [7, 11) is 0. The summed E-state index contributed by atoms with van der Waals surface area (Å²) in [5.41, 5.74) is 0.276. The number of likely N-dealkylation sites (tertiary alicyclic amines) is 1. The molecule has 0 amide bonds. The van der Waals surface area contributed by atoms with E-state index in [9.17, 15) is 9.90 Å². The summed E-state index contributed by atoms with van der Waals surface area (Å²) < 4.78 is 5.23. The van der Waals surface area contributed by atoms with Gasteiger partial charge in [0, 0.05) is 17.5 Å². The Labute approximate surface area is 120 Å². The van der Waals surface area contributed by atoms with Gasteiger partial charge in [-0.25, -0.2) is 0 Å². The molecule has 2 aromatic heterocycles. The molecule has 2 aromatic rings. The Morgan fingerprint density at radius 1 is 1.65 bits per heavy atom. The van der Waals surface area contributed by atoms with Crippen molar-refractivity contribution < 1.29 is 14.4 Å². The van der Waals surface area contributed by atoms with Gasteiger partial charge in [0.25, 0.3) is 0 Å². The molecule has 1 aliphatic heterocycles. The van der Waals surface area contributed by atoms with Gasteiger partial charge in [-0.3, -0.25) is 9.69 Å². The number of nitrogens with zero attached hydrogens (tertiary/aromatic N) is 3. The van der Waals surface area contributed by atoms with Crippen LogP contribution < -0.4 is 0 Å². The van der Waals surface area contributed by atoms with Gasteiger partial charge in [0.15, 0.2) is 0 Å². The third kappa shape index (κ3) is 2.46. The SMILES string of the molecule is CC1(C(=O)O)CCN(Cc2nc(-c3ccsc3)no2)C1. The van der Waals surface area contributed by atoms with Crippen LogP contribution in [0.4, 0.5) is 0 Å². The van der Waals surface area contributed by atoms with Crippen LogP contribution >= 0.6 is 11.3 Å². The zero-order valence-electron chi connectivity index (χ0n) is 11.1. The summed E-state index contributed by atoms with van der Waals surface area (Å²) in [5.74, 6) is 0.367. The van der Waals surface area contributed by atoms with Gasteiger partial charge in [0.1, 0.15) is 0 Å². The minimum atomic E-state index is -0.746. The number of carboxylic acids is 1. The molecule has 3 heterocycles. The Bertz CT molecular complexity index is 610. The highest BCUT2D eigenvalue weighted by molar-refractivity contribution is 7.08. The lowest BCUT2D eigenvalue weighted by Crippen LogP contribution is -2.31. The Morgan fingerprint density at radius 3 is 3.15 bits per heavy atom. The fourth-order valence-electron chi connectivity index (χ4n) is 2.39. The number of rotatable bonds is 4. The van der Waals surface area contributed by atoms with Crippen LogP contribution in [-0.2, 0) is 11.3 Å². The van der Waals surface area contributed by atoms with E-state index in [0.717, 1.165) is 12.1 Å². The molecular formula is C13H15N3O3S. The molecule has 1 atom stereocenters. The molecule has 20 heavy (non-hydrogen) atoms. The monoisotopic (exact) mass is 293 g/mol. The molecule has 0 aromatic carbocycles. The summed E-state index contributed by atoms with van der Waals surface area (Å²) in [6.07, 6.45) is 0.647. The fourth-order valence-corrected chi connectivity index (χ4v) is 3.02. The number of hydrogen-bond acceptors (Lipinski definition) is 6. The predicted molar refractivity (Wildman–Crippen MR) is 73.2 cm³/mol. The average Bonchev–Trinajstić information content (AvgIpc) is 3.10. The van der Waals surface area contributed by atoms with Crippen LogP contribution in [0.15, 0.2) is 21.3 Å². The molecular weight excluding hydrogens is 278 g/mol. The van der Waals surface area contributed by atoms with Gasteiger partial charge in [0.2, 0.25) is 11.7 Å². The zero-order valence-corrected chi connectivity index (χ0v) is 11.9. The topological polar surface area (TPSA) is 79.5 Å². The maximum Gasteiger partial charge on any atom is 0.310 e. The van der Waals surface area contributed by atoms with Crippen molar-refractivity contribution >= 4 is 17.3 Å². The van der Waals surface area contributed by atoms with Gasteiger partial charge in [-0.1, -0.05) is 5.16 Å². The molecule has 106 valence electrons. The van der Waals surface area contributed by atoms with Crippen LogP contribution in [0.1, 0.15) is 19.2 Å². The van der Waals surface area contributed by atoms with E-state index in [1.54, 1.807) is 18.3 Å². The van der Waals surface area contributed by atoms with Gasteiger partial charge >= 0.3 is 5.97 Å². The molecule has 7 heteroatoms. The summed E-state index contributed by atoms with van der Waals surface area (Å²) in [6.45, 7) is 3.53. The van der Waals surface area contributed by atoms with Crippen molar-refractivity contribution in [1.82, 2.24) is 15.0 Å². The number of hydrogen-bond donors (Lipinski definition) is 1. The smallest absolute Gasteiger partial charge is 0.310 e. The lowest BCUT2D eigenvalue weighted by molar-refractivity contribution is -0.147. The first kappa shape index (κ1) is 13.3. The standard InChI is InChI=1S/C13H15N3O3S/c1-13(12(17)18)3-4-16(8-13)6-10-14-11(15-19-10)9-2-5-20-7-9/h2,5,7H,3-4,6,8H2,1H3,(H,17,18). The third-order valence-electron chi connectivity index (χ3n) is 3.68. The zero-order chi connectivity index (χ0) is 14.2. The molecule has 0 aliphatic carbocycles. The van der Waals surface area contributed by atoms with E-state index in [-0.39, 0.29) is 0 Å². The minimum Gasteiger partial charge on any atom is -0.481 e. The van der Waals surface area contributed by atoms with Crippen LogP contribution in [0.25, 0.3) is 11.4 Å². The number of aliphatic carboxylic acids is 1. The molecule has 0 radical (unpaired) electrons. The summed E-state index contributed by atoms with van der Waals surface area (Å²) in [6, 6.07) is 1.94. The second-order valence-corrected chi connectivity index (χ2v) is 6.13. The van der Waals surface area contributed by atoms with Crippen LogP contribution in [-0.4, -0.2) is 39.2 Å². The van der Waals surface area contributed by atoms with Crippen LogP contribution in [0.3, 0.4) is 0 Å². The van der Waals surface area contributed by atoms with Crippen molar-refractivity contribution in [2.24, 2.45) is 5.41 Å². The van der Waals surface area contributed by atoms with Crippen molar-refractivity contribution in [2.45, 2.75) is 19.9 Å².